The molecule has 2 rings (SSSR count). The van der Waals surface area contributed by atoms with Crippen LogP contribution in [0.25, 0.3) is 6.08 Å². The van der Waals surface area contributed by atoms with Crippen LogP contribution in [-0.2, 0) is 0 Å². The Labute approximate surface area is 154 Å². The molecule has 0 heterocycles. The lowest BCUT2D eigenvalue weighted by Crippen LogP contribution is -2.30. The van der Waals surface area contributed by atoms with E-state index in [1.807, 2.05) is 26.0 Å². The van der Waals surface area contributed by atoms with Gasteiger partial charge in [0.15, 0.2) is 11.4 Å². The van der Waals surface area contributed by atoms with E-state index in [0.29, 0.717) is 11.3 Å². The van der Waals surface area contributed by atoms with Crippen molar-refractivity contribution in [2.24, 2.45) is 0 Å². The largest absolute Gasteiger partial charge is 0.509 e. The topological polar surface area (TPSA) is 66.8 Å². The first kappa shape index (κ1) is 19.3. The Morgan fingerprint density at radius 3 is 2.15 bits per heavy atom. The van der Waals surface area contributed by atoms with Crippen LogP contribution in [0.1, 0.15) is 40.9 Å². The first-order valence-corrected chi connectivity index (χ1v) is 8.30. The number of aromatic hydroxyl groups is 1. The molecule has 26 heavy (non-hydrogen) atoms. The van der Waals surface area contributed by atoms with E-state index < -0.39 is 5.60 Å². The van der Waals surface area contributed by atoms with Gasteiger partial charge in [0.25, 0.3) is 0 Å². The van der Waals surface area contributed by atoms with Crippen LogP contribution in [0, 0.1) is 13.8 Å². The van der Waals surface area contributed by atoms with Gasteiger partial charge in [-0.2, -0.15) is 0 Å². The number of allylic oxidation sites excluding steroid dienone is 1. The van der Waals surface area contributed by atoms with Gasteiger partial charge in [0.1, 0.15) is 17.3 Å². The van der Waals surface area contributed by atoms with Crippen LogP contribution in [0.15, 0.2) is 54.8 Å². The summed E-state index contributed by atoms with van der Waals surface area (Å²) >= 11 is 0. The highest BCUT2D eigenvalue weighted by atomic mass is 16.5. The van der Waals surface area contributed by atoms with Gasteiger partial charge >= 0.3 is 0 Å². The Kier molecular flexibility index (Phi) is 5.56. The molecular formula is C22H24O4. The van der Waals surface area contributed by atoms with Crippen LogP contribution in [-0.4, -0.2) is 21.6 Å². The average molecular weight is 352 g/mol. The van der Waals surface area contributed by atoms with Gasteiger partial charge in [0, 0.05) is 5.56 Å². The van der Waals surface area contributed by atoms with Crippen LogP contribution in [0.3, 0.4) is 0 Å². The third kappa shape index (κ3) is 4.54. The number of hydrogen-bond donors (Lipinski definition) is 2. The molecule has 0 aliphatic carbocycles. The molecule has 0 bridgehead atoms. The fourth-order valence-electron chi connectivity index (χ4n) is 2.39. The van der Waals surface area contributed by atoms with Gasteiger partial charge in [0.2, 0.25) is 0 Å². The summed E-state index contributed by atoms with van der Waals surface area (Å²) in [5.74, 6) is 0.610. The third-order valence-corrected chi connectivity index (χ3v) is 4.15. The summed E-state index contributed by atoms with van der Waals surface area (Å²) in [4.78, 5) is 12.3. The predicted octanol–water partition coefficient (Wildman–Crippen LogP) is 5.13. The lowest BCUT2D eigenvalue weighted by molar-refractivity contribution is 0.0973. The molecule has 0 saturated carbocycles. The monoisotopic (exact) mass is 352 g/mol. The number of aliphatic hydroxyl groups excluding tert-OH is 1. The van der Waals surface area contributed by atoms with E-state index >= 15 is 0 Å². The Hall–Kier alpha value is -3.01. The zero-order valence-electron chi connectivity index (χ0n) is 15.5. The van der Waals surface area contributed by atoms with Gasteiger partial charge < -0.3 is 14.9 Å². The van der Waals surface area contributed by atoms with Crippen molar-refractivity contribution in [3.8, 4) is 11.5 Å². The molecule has 0 unspecified atom stereocenters. The summed E-state index contributed by atoms with van der Waals surface area (Å²) in [5, 5.41) is 19.3. The maximum absolute atomic E-state index is 12.3. The molecule has 2 aromatic carbocycles. The Bertz CT molecular complexity index is 835. The average Bonchev–Trinajstić information content (AvgIpc) is 2.57. The van der Waals surface area contributed by atoms with Crippen molar-refractivity contribution in [2.75, 3.05) is 0 Å². The smallest absolute Gasteiger partial charge is 0.185 e. The number of carbonyl (C=O) groups is 1. The summed E-state index contributed by atoms with van der Waals surface area (Å²) in [7, 11) is 0. The fourth-order valence-corrected chi connectivity index (χ4v) is 2.39. The zero-order valence-corrected chi connectivity index (χ0v) is 15.5. The molecule has 0 fully saturated rings. The second kappa shape index (κ2) is 7.48. The Morgan fingerprint density at radius 2 is 1.65 bits per heavy atom. The van der Waals surface area contributed by atoms with E-state index in [1.165, 1.54) is 6.08 Å². The minimum Gasteiger partial charge on any atom is -0.509 e. The van der Waals surface area contributed by atoms with E-state index in [0.717, 1.165) is 16.7 Å². The quantitative estimate of drug-likeness (QED) is 0.429. The number of aryl methyl sites for hydroxylation is 2. The van der Waals surface area contributed by atoms with Crippen LogP contribution in [0.2, 0.25) is 0 Å². The van der Waals surface area contributed by atoms with Crippen molar-refractivity contribution in [3.05, 3.63) is 77.1 Å². The van der Waals surface area contributed by atoms with E-state index in [-0.39, 0.29) is 17.3 Å². The highest BCUT2D eigenvalue weighted by Crippen LogP contribution is 2.24. The summed E-state index contributed by atoms with van der Waals surface area (Å²) in [5.41, 5.74) is 2.02. The maximum atomic E-state index is 12.3. The van der Waals surface area contributed by atoms with Gasteiger partial charge in [0.05, 0.1) is 0 Å². The van der Waals surface area contributed by atoms with Gasteiger partial charge in [-0.3, -0.25) is 4.79 Å². The number of phenolic OH excluding ortho intramolecular Hbond substituents is 1. The SMILES string of the molecule is C=C(O)C(C)(C)Oc1ccc(C(=O)/C=C/c2cc(C)c(O)c(C)c2)cc1. The molecule has 0 amide bonds. The molecule has 2 N–H and O–H groups in total. The summed E-state index contributed by atoms with van der Waals surface area (Å²) in [6, 6.07) is 10.4. The van der Waals surface area contributed by atoms with Crippen molar-refractivity contribution >= 4 is 11.9 Å². The predicted molar refractivity (Wildman–Crippen MR) is 104 cm³/mol. The molecule has 0 aliphatic rings. The maximum Gasteiger partial charge on any atom is 0.185 e. The second-order valence-electron chi connectivity index (χ2n) is 6.78. The zero-order chi connectivity index (χ0) is 19.5. The van der Waals surface area contributed by atoms with Gasteiger partial charge in [-0.25, -0.2) is 0 Å². The van der Waals surface area contributed by atoms with Crippen molar-refractivity contribution in [3.63, 3.8) is 0 Å². The Balaban J connectivity index is 2.12. The molecule has 136 valence electrons. The molecule has 0 radical (unpaired) electrons. The highest BCUT2D eigenvalue weighted by molar-refractivity contribution is 6.06. The van der Waals surface area contributed by atoms with Crippen LogP contribution in [0.5, 0.6) is 11.5 Å². The van der Waals surface area contributed by atoms with E-state index in [2.05, 4.69) is 6.58 Å². The summed E-state index contributed by atoms with van der Waals surface area (Å²) in [6.45, 7) is 10.5. The first-order chi connectivity index (χ1) is 12.1. The number of benzene rings is 2. The number of carbonyl (C=O) groups excluding carboxylic acids is 1. The molecular weight excluding hydrogens is 328 g/mol. The minimum atomic E-state index is -0.903. The number of ketones is 1. The van der Waals surface area contributed by atoms with Crippen LogP contribution in [0.4, 0.5) is 0 Å². The molecule has 0 aliphatic heterocycles. The van der Waals surface area contributed by atoms with Crippen LogP contribution < -0.4 is 4.74 Å². The van der Waals surface area contributed by atoms with Crippen molar-refractivity contribution in [2.45, 2.75) is 33.3 Å². The summed E-state index contributed by atoms with van der Waals surface area (Å²) < 4.78 is 5.66. The molecule has 0 spiro atoms. The number of phenols is 1. The molecule has 0 atom stereocenters. The van der Waals surface area contributed by atoms with Crippen molar-refractivity contribution in [1.82, 2.24) is 0 Å². The van der Waals surface area contributed by atoms with E-state index in [4.69, 9.17) is 4.74 Å². The van der Waals surface area contributed by atoms with E-state index in [9.17, 15) is 15.0 Å². The lowest BCUT2D eigenvalue weighted by atomic mass is 10.0. The third-order valence-electron chi connectivity index (χ3n) is 4.15. The Morgan fingerprint density at radius 1 is 1.12 bits per heavy atom. The van der Waals surface area contributed by atoms with Crippen molar-refractivity contribution in [1.29, 1.82) is 0 Å². The number of aliphatic hydroxyl groups is 1. The lowest BCUT2D eigenvalue weighted by Gasteiger charge is -2.25. The normalized spacial score (nSPS) is 11.5. The van der Waals surface area contributed by atoms with E-state index in [1.54, 1.807) is 44.2 Å². The number of rotatable bonds is 6. The molecule has 2 aromatic rings. The first-order valence-electron chi connectivity index (χ1n) is 8.30. The summed E-state index contributed by atoms with van der Waals surface area (Å²) in [6.07, 6.45) is 3.23. The van der Waals surface area contributed by atoms with Crippen molar-refractivity contribution < 1.29 is 19.7 Å². The molecule has 4 heteroatoms. The second-order valence-corrected chi connectivity index (χ2v) is 6.78. The fraction of sp³-hybridized carbons (Fsp3) is 0.227. The minimum absolute atomic E-state index is 0.0694. The molecule has 0 aromatic heterocycles. The number of ether oxygens (including phenoxy) is 1. The van der Waals surface area contributed by atoms with Gasteiger partial charge in [-0.15, -0.1) is 0 Å². The molecule has 4 nitrogen and oxygen atoms in total. The molecule has 0 saturated heterocycles. The number of hydrogen-bond acceptors (Lipinski definition) is 4. The van der Waals surface area contributed by atoms with Crippen LogP contribution >= 0.6 is 0 Å². The highest BCUT2D eigenvalue weighted by Gasteiger charge is 2.23. The standard InChI is InChI=1S/C22H24O4/c1-14-12-17(13-15(2)21(14)25)6-11-20(24)18-7-9-19(10-8-18)26-22(4,5)16(3)23/h6-13,23,25H,3H2,1-2,4-5H3/b11-6+. The van der Waals surface area contributed by atoms with Gasteiger partial charge in [-0.05, 0) is 86.9 Å². The van der Waals surface area contributed by atoms with Gasteiger partial charge in [-0.1, -0.05) is 12.7 Å².